The molecule has 0 saturated carbocycles. The minimum atomic E-state index is -4.23. The van der Waals surface area contributed by atoms with Crippen molar-refractivity contribution in [1.82, 2.24) is 10.2 Å². The monoisotopic (exact) mass is 637 g/mol. The zero-order chi connectivity index (χ0) is 31.0. The number of hydrogen-bond acceptors (Lipinski definition) is 4. The van der Waals surface area contributed by atoms with Crippen molar-refractivity contribution in [3.05, 3.63) is 130 Å². The van der Waals surface area contributed by atoms with Gasteiger partial charge in [0.05, 0.1) is 20.6 Å². The third-order valence-electron chi connectivity index (χ3n) is 6.90. The third-order valence-corrected chi connectivity index (χ3v) is 9.42. The van der Waals surface area contributed by atoms with Crippen LogP contribution in [0.3, 0.4) is 0 Å². The molecule has 0 radical (unpaired) electrons. The quantitative estimate of drug-likeness (QED) is 0.198. The predicted molar refractivity (Wildman–Crippen MR) is 172 cm³/mol. The summed E-state index contributed by atoms with van der Waals surface area (Å²) in [6.07, 6.45) is 0.239. The van der Waals surface area contributed by atoms with Crippen molar-refractivity contribution in [2.24, 2.45) is 0 Å². The van der Waals surface area contributed by atoms with Gasteiger partial charge in [-0.3, -0.25) is 13.9 Å². The maximum atomic E-state index is 14.3. The highest BCUT2D eigenvalue weighted by atomic mass is 35.5. The van der Waals surface area contributed by atoms with Gasteiger partial charge >= 0.3 is 0 Å². The summed E-state index contributed by atoms with van der Waals surface area (Å²) in [5.74, 6) is -0.893. The first kappa shape index (κ1) is 32.1. The van der Waals surface area contributed by atoms with Gasteiger partial charge in [0.2, 0.25) is 11.8 Å². The van der Waals surface area contributed by atoms with Gasteiger partial charge in [0.25, 0.3) is 10.0 Å². The summed E-state index contributed by atoms with van der Waals surface area (Å²) in [5.41, 5.74) is 2.70. The third kappa shape index (κ3) is 8.16. The first-order chi connectivity index (χ1) is 20.6. The lowest BCUT2D eigenvalue weighted by atomic mass is 10.0. The average molecular weight is 639 g/mol. The fourth-order valence-corrected chi connectivity index (χ4v) is 6.33. The predicted octanol–water partition coefficient (Wildman–Crippen LogP) is 6.27. The molecule has 0 heterocycles. The van der Waals surface area contributed by atoms with E-state index in [1.165, 1.54) is 35.2 Å². The van der Waals surface area contributed by atoms with Gasteiger partial charge in [-0.05, 0) is 55.3 Å². The van der Waals surface area contributed by atoms with E-state index in [-0.39, 0.29) is 39.5 Å². The number of rotatable bonds is 12. The van der Waals surface area contributed by atoms with Crippen LogP contribution >= 0.6 is 23.2 Å². The number of nitrogens with zero attached hydrogens (tertiary/aromatic N) is 2. The Bertz CT molecular complexity index is 1650. The van der Waals surface area contributed by atoms with Gasteiger partial charge in [0.1, 0.15) is 12.6 Å². The molecule has 0 aliphatic carbocycles. The molecule has 1 atom stereocenters. The molecule has 0 aliphatic rings. The Morgan fingerprint density at radius 1 is 0.814 bits per heavy atom. The van der Waals surface area contributed by atoms with E-state index in [1.807, 2.05) is 67.6 Å². The van der Waals surface area contributed by atoms with Crippen LogP contribution in [0.1, 0.15) is 23.6 Å². The van der Waals surface area contributed by atoms with Crippen LogP contribution in [0.15, 0.2) is 108 Å². The van der Waals surface area contributed by atoms with Crippen LogP contribution in [0.2, 0.25) is 10.0 Å². The summed E-state index contributed by atoms with van der Waals surface area (Å²) in [7, 11) is -4.23. The van der Waals surface area contributed by atoms with Crippen molar-refractivity contribution in [2.45, 2.75) is 37.8 Å². The second-order valence-corrected chi connectivity index (χ2v) is 12.7. The van der Waals surface area contributed by atoms with Gasteiger partial charge in [0.15, 0.2) is 0 Å². The first-order valence-corrected chi connectivity index (χ1v) is 16.0. The van der Waals surface area contributed by atoms with Gasteiger partial charge in [-0.25, -0.2) is 8.42 Å². The molecule has 4 aromatic carbocycles. The van der Waals surface area contributed by atoms with Gasteiger partial charge < -0.3 is 10.2 Å². The maximum absolute atomic E-state index is 14.3. The topological polar surface area (TPSA) is 86.8 Å². The Morgan fingerprint density at radius 2 is 1.42 bits per heavy atom. The zero-order valence-corrected chi connectivity index (χ0v) is 26.2. The molecule has 0 aliphatic heterocycles. The lowest BCUT2D eigenvalue weighted by molar-refractivity contribution is -0.140. The van der Waals surface area contributed by atoms with Crippen molar-refractivity contribution < 1.29 is 18.0 Å². The molecule has 0 unspecified atom stereocenters. The van der Waals surface area contributed by atoms with E-state index in [0.29, 0.717) is 6.54 Å². The molecule has 0 fully saturated rings. The fraction of sp³-hybridized carbons (Fsp3) is 0.212. The van der Waals surface area contributed by atoms with Crippen LogP contribution in [0.25, 0.3) is 0 Å². The largest absolute Gasteiger partial charge is 0.355 e. The van der Waals surface area contributed by atoms with Crippen LogP contribution in [0.4, 0.5) is 5.69 Å². The molecule has 7 nitrogen and oxygen atoms in total. The molecular weight excluding hydrogens is 605 g/mol. The molecule has 224 valence electrons. The Labute approximate surface area is 263 Å². The van der Waals surface area contributed by atoms with Gasteiger partial charge in [-0.2, -0.15) is 0 Å². The van der Waals surface area contributed by atoms with E-state index in [4.69, 9.17) is 23.2 Å². The smallest absolute Gasteiger partial charge is 0.264 e. The van der Waals surface area contributed by atoms with Crippen molar-refractivity contribution in [3.63, 3.8) is 0 Å². The minimum absolute atomic E-state index is 0.0103. The number of halogens is 2. The number of anilines is 1. The van der Waals surface area contributed by atoms with Crippen LogP contribution in [0, 0.1) is 6.92 Å². The van der Waals surface area contributed by atoms with E-state index < -0.39 is 28.5 Å². The molecule has 0 bridgehead atoms. The average Bonchev–Trinajstić information content (AvgIpc) is 3.00. The molecule has 4 aromatic rings. The normalized spacial score (nSPS) is 11.9. The number of likely N-dealkylation sites (N-methyl/N-ethyl adjacent to an activating group) is 1. The second kappa shape index (κ2) is 14.6. The summed E-state index contributed by atoms with van der Waals surface area (Å²) in [4.78, 5) is 29.3. The zero-order valence-electron chi connectivity index (χ0n) is 23.9. The van der Waals surface area contributed by atoms with Crippen molar-refractivity contribution in [2.75, 3.05) is 17.4 Å². The number of hydrogen-bond donors (Lipinski definition) is 1. The number of sulfonamides is 1. The standard InChI is InChI=1S/C33H33Cl2N3O4S/c1-3-36-33(40)31(20-25-10-6-4-7-11-25)37(22-26-12-8-5-9-13-26)32(39)23-38(27-16-19-29(34)30(35)21-27)43(41,42)28-17-14-24(2)15-18-28/h4-19,21,31H,3,20,22-23H2,1-2H3,(H,36,40)/t31-/m1/s1. The molecule has 0 saturated heterocycles. The van der Waals surface area contributed by atoms with Gasteiger partial charge in [-0.1, -0.05) is 102 Å². The fourth-order valence-electron chi connectivity index (χ4n) is 4.63. The van der Waals surface area contributed by atoms with Crippen LogP contribution in [-0.2, 0) is 32.6 Å². The molecule has 0 spiro atoms. The highest BCUT2D eigenvalue weighted by Gasteiger charge is 2.34. The maximum Gasteiger partial charge on any atom is 0.264 e. The highest BCUT2D eigenvalue weighted by Crippen LogP contribution is 2.31. The SMILES string of the molecule is CCNC(=O)[C@@H](Cc1ccccc1)N(Cc1ccccc1)C(=O)CN(c1ccc(Cl)c(Cl)c1)S(=O)(=O)c1ccc(C)cc1. The van der Waals surface area contributed by atoms with Crippen molar-refractivity contribution in [3.8, 4) is 0 Å². The summed E-state index contributed by atoms with van der Waals surface area (Å²) >= 11 is 12.4. The van der Waals surface area contributed by atoms with E-state index in [9.17, 15) is 18.0 Å². The van der Waals surface area contributed by atoms with Crippen LogP contribution in [0.5, 0.6) is 0 Å². The van der Waals surface area contributed by atoms with Crippen LogP contribution in [-0.4, -0.2) is 44.3 Å². The van der Waals surface area contributed by atoms with Crippen molar-refractivity contribution >= 4 is 50.7 Å². The minimum Gasteiger partial charge on any atom is -0.355 e. The summed E-state index contributed by atoms with van der Waals surface area (Å²) in [6, 6.07) is 28.5. The summed E-state index contributed by atoms with van der Waals surface area (Å²) in [6.45, 7) is 3.54. The number of amides is 2. The number of benzene rings is 4. The second-order valence-electron chi connectivity index (χ2n) is 10.0. The van der Waals surface area contributed by atoms with E-state index >= 15 is 0 Å². The lowest BCUT2D eigenvalue weighted by Gasteiger charge is -2.34. The Kier molecular flexibility index (Phi) is 10.9. The van der Waals surface area contributed by atoms with Crippen molar-refractivity contribution in [1.29, 1.82) is 0 Å². The number of nitrogens with one attached hydrogen (secondary N) is 1. The Morgan fingerprint density at radius 3 is 2.00 bits per heavy atom. The van der Waals surface area contributed by atoms with E-state index in [0.717, 1.165) is 21.0 Å². The molecule has 10 heteroatoms. The summed E-state index contributed by atoms with van der Waals surface area (Å²) < 4.78 is 29.1. The van der Waals surface area contributed by atoms with Gasteiger partial charge in [0, 0.05) is 19.5 Å². The molecule has 43 heavy (non-hydrogen) atoms. The molecule has 0 aromatic heterocycles. The Balaban J connectivity index is 1.80. The molecule has 2 amide bonds. The highest BCUT2D eigenvalue weighted by molar-refractivity contribution is 7.92. The van der Waals surface area contributed by atoms with E-state index in [2.05, 4.69) is 5.32 Å². The lowest BCUT2D eigenvalue weighted by Crippen LogP contribution is -2.53. The molecule has 4 rings (SSSR count). The summed E-state index contributed by atoms with van der Waals surface area (Å²) in [5, 5.41) is 3.23. The number of aryl methyl sites for hydroxylation is 1. The first-order valence-electron chi connectivity index (χ1n) is 13.8. The number of carbonyl (C=O) groups excluding carboxylic acids is 2. The van der Waals surface area contributed by atoms with Crippen LogP contribution < -0.4 is 9.62 Å². The number of carbonyl (C=O) groups is 2. The van der Waals surface area contributed by atoms with E-state index in [1.54, 1.807) is 19.1 Å². The Hall–Kier alpha value is -3.85. The van der Waals surface area contributed by atoms with Gasteiger partial charge in [-0.15, -0.1) is 0 Å². The molecular formula is C33H33Cl2N3O4S. The molecule has 1 N–H and O–H groups in total.